The number of hydrogen-bond donors (Lipinski definition) is 0. The lowest BCUT2D eigenvalue weighted by Crippen LogP contribution is -2.34. The molecule has 0 radical (unpaired) electrons. The summed E-state index contributed by atoms with van der Waals surface area (Å²) in [5, 5.41) is 1.32. The van der Waals surface area contributed by atoms with Gasteiger partial charge in [0.25, 0.3) is 5.91 Å². The van der Waals surface area contributed by atoms with Gasteiger partial charge in [0.05, 0.1) is 17.3 Å². The largest absolute Gasteiger partial charge is 0.268 e. The predicted octanol–water partition coefficient (Wildman–Crippen LogP) is 4.64. The minimum absolute atomic E-state index is 0.165. The smallest absolute Gasteiger partial charge is 0.266 e. The molecule has 1 amide bonds. The van der Waals surface area contributed by atoms with Crippen LogP contribution in [0.1, 0.15) is 17.3 Å². The summed E-state index contributed by atoms with van der Waals surface area (Å²) in [7, 11) is 0. The highest BCUT2D eigenvalue weighted by Gasteiger charge is 2.27. The monoisotopic (exact) mass is 409 g/mol. The summed E-state index contributed by atoms with van der Waals surface area (Å²) < 4.78 is 0.758. The maximum atomic E-state index is 13.0. The lowest BCUT2D eigenvalue weighted by molar-refractivity contribution is 0.100. The molecule has 0 aliphatic carbocycles. The van der Waals surface area contributed by atoms with Crippen LogP contribution in [0, 0.1) is 0 Å². The van der Waals surface area contributed by atoms with Gasteiger partial charge in [0.2, 0.25) is 0 Å². The SMILES string of the molecule is C[C@H]1CSC(N(C(=O)c2cncc(Br)c2)c2ccc(Cl)cc2)=N1. The third kappa shape index (κ3) is 3.76. The van der Waals surface area contributed by atoms with E-state index in [1.54, 1.807) is 47.3 Å². The molecular formula is C16H13BrClN3OS. The molecule has 2 heterocycles. The van der Waals surface area contributed by atoms with Crippen LogP contribution in [0.5, 0.6) is 0 Å². The Labute approximate surface area is 152 Å². The van der Waals surface area contributed by atoms with Crippen molar-refractivity contribution in [3.63, 3.8) is 0 Å². The van der Waals surface area contributed by atoms with E-state index in [0.29, 0.717) is 15.8 Å². The Morgan fingerprint density at radius 2 is 2.09 bits per heavy atom. The molecule has 1 aliphatic heterocycles. The Balaban J connectivity index is 2.03. The van der Waals surface area contributed by atoms with E-state index in [1.807, 2.05) is 19.1 Å². The number of benzene rings is 1. The predicted molar refractivity (Wildman–Crippen MR) is 99.6 cm³/mol. The fourth-order valence-corrected chi connectivity index (χ4v) is 3.67. The Morgan fingerprint density at radius 1 is 1.35 bits per heavy atom. The number of pyridine rings is 1. The van der Waals surface area contributed by atoms with E-state index in [2.05, 4.69) is 25.9 Å². The van der Waals surface area contributed by atoms with Gasteiger partial charge in [-0.1, -0.05) is 23.4 Å². The van der Waals surface area contributed by atoms with Crippen molar-refractivity contribution in [2.24, 2.45) is 4.99 Å². The van der Waals surface area contributed by atoms with Crippen molar-refractivity contribution < 1.29 is 4.79 Å². The zero-order valence-corrected chi connectivity index (χ0v) is 15.4. The molecule has 1 aromatic carbocycles. The van der Waals surface area contributed by atoms with Crippen molar-refractivity contribution in [2.75, 3.05) is 10.7 Å². The zero-order valence-electron chi connectivity index (χ0n) is 12.2. The number of anilines is 1. The van der Waals surface area contributed by atoms with Crippen LogP contribution in [0.15, 0.2) is 52.2 Å². The third-order valence-corrected chi connectivity index (χ3v) is 5.10. The van der Waals surface area contributed by atoms with E-state index in [4.69, 9.17) is 11.6 Å². The summed E-state index contributed by atoms with van der Waals surface area (Å²) >= 11 is 10.9. The topological polar surface area (TPSA) is 45.6 Å². The molecule has 2 aromatic rings. The van der Waals surface area contributed by atoms with Crippen LogP contribution in [0.2, 0.25) is 5.02 Å². The van der Waals surface area contributed by atoms with E-state index in [-0.39, 0.29) is 11.9 Å². The third-order valence-electron chi connectivity index (χ3n) is 3.22. The van der Waals surface area contributed by atoms with Crippen molar-refractivity contribution in [2.45, 2.75) is 13.0 Å². The maximum absolute atomic E-state index is 13.0. The second-order valence-corrected chi connectivity index (χ2v) is 7.42. The van der Waals surface area contributed by atoms with Gasteiger partial charge in [-0.05, 0) is 53.2 Å². The normalized spacial score (nSPS) is 17.0. The molecule has 0 saturated heterocycles. The Kier molecular flexibility index (Phi) is 5.04. The van der Waals surface area contributed by atoms with Crippen molar-refractivity contribution >= 4 is 56.1 Å². The van der Waals surface area contributed by atoms with Gasteiger partial charge >= 0.3 is 0 Å². The van der Waals surface area contributed by atoms with Gasteiger partial charge < -0.3 is 0 Å². The first-order valence-corrected chi connectivity index (χ1v) is 9.11. The van der Waals surface area contributed by atoms with Gasteiger partial charge in [-0.3, -0.25) is 19.7 Å². The first-order valence-electron chi connectivity index (χ1n) is 6.96. The number of aromatic nitrogens is 1. The van der Waals surface area contributed by atoms with Crippen molar-refractivity contribution in [3.8, 4) is 0 Å². The minimum atomic E-state index is -0.165. The molecule has 118 valence electrons. The first-order chi connectivity index (χ1) is 11.0. The molecule has 0 bridgehead atoms. The van der Waals surface area contributed by atoms with Gasteiger partial charge in [-0.25, -0.2) is 0 Å². The van der Waals surface area contributed by atoms with Crippen LogP contribution >= 0.6 is 39.3 Å². The number of carbonyl (C=O) groups excluding carboxylic acids is 1. The molecule has 3 rings (SSSR count). The summed E-state index contributed by atoms with van der Waals surface area (Å²) in [6, 6.07) is 9.11. The fraction of sp³-hybridized carbons (Fsp3) is 0.188. The number of halogens is 2. The van der Waals surface area contributed by atoms with Gasteiger partial charge in [0.1, 0.15) is 0 Å². The second-order valence-electron chi connectivity index (χ2n) is 5.08. The molecule has 0 spiro atoms. The Morgan fingerprint density at radius 3 is 2.70 bits per heavy atom. The Bertz CT molecular complexity index is 766. The maximum Gasteiger partial charge on any atom is 0.266 e. The molecule has 0 N–H and O–H groups in total. The second kappa shape index (κ2) is 7.03. The molecule has 7 heteroatoms. The molecule has 1 aromatic heterocycles. The summed E-state index contributed by atoms with van der Waals surface area (Å²) in [5.41, 5.74) is 1.23. The number of thioether (sulfide) groups is 1. The number of carbonyl (C=O) groups is 1. The van der Waals surface area contributed by atoms with Crippen LogP contribution in [-0.2, 0) is 0 Å². The van der Waals surface area contributed by atoms with E-state index < -0.39 is 0 Å². The standard InChI is InChI=1S/C16H13BrClN3OS/c1-10-9-23-16(20-10)21(14-4-2-13(18)3-5-14)15(22)11-6-12(17)8-19-7-11/h2-8,10H,9H2,1H3/t10-/m0/s1. The number of aliphatic imine (C=N–C) groups is 1. The van der Waals surface area contributed by atoms with Crippen molar-refractivity contribution in [1.82, 2.24) is 4.98 Å². The molecule has 1 atom stereocenters. The van der Waals surface area contributed by atoms with Gasteiger partial charge in [-0.2, -0.15) is 0 Å². The van der Waals surface area contributed by atoms with Gasteiger partial charge in [0.15, 0.2) is 5.17 Å². The highest BCUT2D eigenvalue weighted by Crippen LogP contribution is 2.28. The number of amidine groups is 1. The van der Waals surface area contributed by atoms with Crippen molar-refractivity contribution in [1.29, 1.82) is 0 Å². The van der Waals surface area contributed by atoms with Crippen LogP contribution in [-0.4, -0.2) is 27.9 Å². The van der Waals surface area contributed by atoms with Crippen LogP contribution < -0.4 is 4.90 Å². The summed E-state index contributed by atoms with van der Waals surface area (Å²) in [5.74, 6) is 0.699. The van der Waals surface area contributed by atoms with Crippen LogP contribution in [0.25, 0.3) is 0 Å². The van der Waals surface area contributed by atoms with Crippen LogP contribution in [0.3, 0.4) is 0 Å². The minimum Gasteiger partial charge on any atom is -0.268 e. The van der Waals surface area contributed by atoms with E-state index in [1.165, 1.54) is 0 Å². The van der Waals surface area contributed by atoms with Crippen LogP contribution in [0.4, 0.5) is 5.69 Å². The van der Waals surface area contributed by atoms with Gasteiger partial charge in [0, 0.05) is 27.6 Å². The lowest BCUT2D eigenvalue weighted by Gasteiger charge is -2.22. The zero-order chi connectivity index (χ0) is 16.4. The van der Waals surface area contributed by atoms with E-state index >= 15 is 0 Å². The molecule has 1 aliphatic rings. The summed E-state index contributed by atoms with van der Waals surface area (Å²) in [4.78, 5) is 23.3. The first kappa shape index (κ1) is 16.5. The number of nitrogens with zero attached hydrogens (tertiary/aromatic N) is 3. The Hall–Kier alpha value is -1.37. The molecule has 0 fully saturated rings. The number of amides is 1. The number of rotatable bonds is 2. The number of hydrogen-bond acceptors (Lipinski definition) is 4. The molecule has 4 nitrogen and oxygen atoms in total. The molecule has 0 saturated carbocycles. The molecule has 23 heavy (non-hydrogen) atoms. The van der Waals surface area contributed by atoms with E-state index in [0.717, 1.165) is 15.9 Å². The highest BCUT2D eigenvalue weighted by molar-refractivity contribution is 9.10. The summed E-state index contributed by atoms with van der Waals surface area (Å²) in [6.07, 6.45) is 3.20. The summed E-state index contributed by atoms with van der Waals surface area (Å²) in [6.45, 7) is 2.03. The van der Waals surface area contributed by atoms with E-state index in [9.17, 15) is 4.79 Å². The highest BCUT2D eigenvalue weighted by atomic mass is 79.9. The molecule has 0 unspecified atom stereocenters. The molecular weight excluding hydrogens is 398 g/mol. The van der Waals surface area contributed by atoms with Gasteiger partial charge in [-0.15, -0.1) is 0 Å². The lowest BCUT2D eigenvalue weighted by atomic mass is 10.2. The quantitative estimate of drug-likeness (QED) is 0.725. The fourth-order valence-electron chi connectivity index (χ4n) is 2.14. The average Bonchev–Trinajstić information content (AvgIpc) is 2.95. The van der Waals surface area contributed by atoms with Crippen molar-refractivity contribution in [3.05, 3.63) is 57.8 Å². The average molecular weight is 411 g/mol.